The van der Waals surface area contributed by atoms with Crippen LogP contribution in [0.15, 0.2) is 30.3 Å². The van der Waals surface area contributed by atoms with Crippen molar-refractivity contribution in [2.75, 3.05) is 19.5 Å². The van der Waals surface area contributed by atoms with E-state index in [2.05, 4.69) is 10.3 Å². The Bertz CT molecular complexity index is 635. The first-order chi connectivity index (χ1) is 10.0. The average Bonchev–Trinajstić information content (AvgIpc) is 2.45. The number of carbonyl (C=O) groups is 1. The first kappa shape index (κ1) is 15.4. The zero-order chi connectivity index (χ0) is 15.4. The van der Waals surface area contributed by atoms with Gasteiger partial charge in [-0.1, -0.05) is 23.2 Å². The topological polar surface area (TPSA) is 60.5 Å². The van der Waals surface area contributed by atoms with Gasteiger partial charge in [-0.05, 0) is 12.1 Å². The van der Waals surface area contributed by atoms with Crippen LogP contribution in [-0.2, 0) is 0 Å². The second kappa shape index (κ2) is 6.65. The molecule has 0 aliphatic carbocycles. The summed E-state index contributed by atoms with van der Waals surface area (Å²) in [5, 5.41) is 3.02. The number of nitrogens with zero attached hydrogens (tertiary/aromatic N) is 1. The highest BCUT2D eigenvalue weighted by Crippen LogP contribution is 2.26. The van der Waals surface area contributed by atoms with Gasteiger partial charge in [0.05, 0.1) is 14.2 Å². The molecule has 110 valence electrons. The number of rotatable bonds is 4. The summed E-state index contributed by atoms with van der Waals surface area (Å²) in [6.45, 7) is 0. The fourth-order valence-electron chi connectivity index (χ4n) is 1.68. The van der Waals surface area contributed by atoms with Crippen molar-refractivity contribution >= 4 is 34.8 Å². The summed E-state index contributed by atoms with van der Waals surface area (Å²) in [6.07, 6.45) is 0. The molecule has 21 heavy (non-hydrogen) atoms. The van der Waals surface area contributed by atoms with E-state index in [4.69, 9.17) is 32.7 Å². The van der Waals surface area contributed by atoms with Crippen molar-refractivity contribution in [2.45, 2.75) is 0 Å². The molecule has 0 saturated carbocycles. The first-order valence-corrected chi connectivity index (χ1v) is 6.65. The largest absolute Gasteiger partial charge is 0.497 e. The molecule has 1 aromatic heterocycles. The molecule has 5 nitrogen and oxygen atoms in total. The second-order valence-electron chi connectivity index (χ2n) is 4.06. The number of hydrogen-bond acceptors (Lipinski definition) is 4. The zero-order valence-corrected chi connectivity index (χ0v) is 12.8. The number of methoxy groups -OCH3 is 2. The summed E-state index contributed by atoms with van der Waals surface area (Å²) < 4.78 is 10.3. The van der Waals surface area contributed by atoms with Gasteiger partial charge in [0, 0.05) is 29.4 Å². The molecule has 0 aliphatic rings. The van der Waals surface area contributed by atoms with E-state index in [1.807, 2.05) is 0 Å². The molecule has 0 atom stereocenters. The van der Waals surface area contributed by atoms with Crippen molar-refractivity contribution in [1.82, 2.24) is 4.98 Å². The number of carbonyl (C=O) groups excluding carboxylic acids is 1. The standard InChI is InChI=1S/C14H12Cl2N2O3/c1-20-10-5-9(6-11(7-10)21-2)17-14(19)8-3-12(15)18-13(16)4-8/h3-7H,1-2H3,(H,17,19). The molecule has 1 aromatic carbocycles. The number of nitrogens with one attached hydrogen (secondary N) is 1. The Morgan fingerprint density at radius 1 is 1.00 bits per heavy atom. The molecular formula is C14H12Cl2N2O3. The molecular weight excluding hydrogens is 315 g/mol. The molecule has 0 fully saturated rings. The van der Waals surface area contributed by atoms with Crippen LogP contribution in [0.1, 0.15) is 10.4 Å². The number of aromatic nitrogens is 1. The minimum absolute atomic E-state index is 0.149. The van der Waals surface area contributed by atoms with Gasteiger partial charge in [-0.15, -0.1) is 0 Å². The maximum atomic E-state index is 12.2. The fraction of sp³-hybridized carbons (Fsp3) is 0.143. The lowest BCUT2D eigenvalue weighted by molar-refractivity contribution is 0.102. The van der Waals surface area contributed by atoms with Crippen LogP contribution in [0.25, 0.3) is 0 Å². The van der Waals surface area contributed by atoms with Crippen molar-refractivity contribution in [2.24, 2.45) is 0 Å². The lowest BCUT2D eigenvalue weighted by Gasteiger charge is -2.10. The van der Waals surface area contributed by atoms with E-state index in [0.29, 0.717) is 22.7 Å². The molecule has 1 amide bonds. The highest BCUT2D eigenvalue weighted by atomic mass is 35.5. The average molecular weight is 327 g/mol. The molecule has 2 aromatic rings. The number of ether oxygens (including phenoxy) is 2. The van der Waals surface area contributed by atoms with Crippen LogP contribution in [-0.4, -0.2) is 25.1 Å². The summed E-state index contributed by atoms with van der Waals surface area (Å²) in [5.74, 6) is 0.766. The zero-order valence-electron chi connectivity index (χ0n) is 11.3. The molecule has 7 heteroatoms. The summed E-state index contributed by atoms with van der Waals surface area (Å²) in [4.78, 5) is 16.0. The molecule has 0 bridgehead atoms. The van der Waals surface area contributed by atoms with Gasteiger partial charge in [-0.3, -0.25) is 4.79 Å². The van der Waals surface area contributed by atoms with E-state index in [-0.39, 0.29) is 16.2 Å². The Morgan fingerprint density at radius 2 is 1.52 bits per heavy atom. The van der Waals surface area contributed by atoms with Crippen LogP contribution in [0.3, 0.4) is 0 Å². The Hall–Kier alpha value is -1.98. The van der Waals surface area contributed by atoms with Crippen molar-refractivity contribution in [3.05, 3.63) is 46.2 Å². The van der Waals surface area contributed by atoms with Crippen LogP contribution in [0.4, 0.5) is 5.69 Å². The van der Waals surface area contributed by atoms with Crippen molar-refractivity contribution < 1.29 is 14.3 Å². The molecule has 0 aliphatic heterocycles. The molecule has 0 spiro atoms. The Morgan fingerprint density at radius 3 is 2.00 bits per heavy atom. The predicted molar refractivity (Wildman–Crippen MR) is 81.8 cm³/mol. The van der Waals surface area contributed by atoms with Gasteiger partial charge in [0.15, 0.2) is 0 Å². The molecule has 2 rings (SSSR count). The summed E-state index contributed by atoms with van der Waals surface area (Å²) in [5.41, 5.74) is 0.835. The van der Waals surface area contributed by atoms with Crippen LogP contribution < -0.4 is 14.8 Å². The first-order valence-electron chi connectivity index (χ1n) is 5.89. The lowest BCUT2D eigenvalue weighted by Crippen LogP contribution is -2.12. The second-order valence-corrected chi connectivity index (χ2v) is 4.83. The Kier molecular flexibility index (Phi) is 4.88. The van der Waals surface area contributed by atoms with Gasteiger partial charge in [0.1, 0.15) is 21.8 Å². The summed E-state index contributed by atoms with van der Waals surface area (Å²) >= 11 is 11.6. The summed E-state index contributed by atoms with van der Waals surface area (Å²) in [6, 6.07) is 7.91. The van der Waals surface area contributed by atoms with Gasteiger partial charge in [-0.2, -0.15) is 0 Å². The number of benzene rings is 1. The third-order valence-electron chi connectivity index (χ3n) is 2.63. The third kappa shape index (κ3) is 4.00. The van der Waals surface area contributed by atoms with Crippen molar-refractivity contribution in [3.63, 3.8) is 0 Å². The maximum absolute atomic E-state index is 12.2. The van der Waals surface area contributed by atoms with Gasteiger partial charge in [0.2, 0.25) is 0 Å². The minimum atomic E-state index is -0.364. The Balaban J connectivity index is 2.26. The molecule has 0 unspecified atom stereocenters. The number of pyridine rings is 1. The lowest BCUT2D eigenvalue weighted by atomic mass is 10.2. The predicted octanol–water partition coefficient (Wildman–Crippen LogP) is 3.66. The summed E-state index contributed by atoms with van der Waals surface area (Å²) in [7, 11) is 3.06. The maximum Gasteiger partial charge on any atom is 0.255 e. The normalized spacial score (nSPS) is 10.1. The number of anilines is 1. The SMILES string of the molecule is COc1cc(NC(=O)c2cc(Cl)nc(Cl)c2)cc(OC)c1. The third-order valence-corrected chi connectivity index (χ3v) is 3.02. The van der Waals surface area contributed by atoms with Crippen LogP contribution in [0.2, 0.25) is 10.3 Å². The van der Waals surface area contributed by atoms with E-state index in [9.17, 15) is 4.79 Å². The quantitative estimate of drug-likeness (QED) is 0.871. The number of amides is 1. The minimum Gasteiger partial charge on any atom is -0.497 e. The van der Waals surface area contributed by atoms with Crippen LogP contribution in [0, 0.1) is 0 Å². The van der Waals surface area contributed by atoms with Crippen molar-refractivity contribution in [1.29, 1.82) is 0 Å². The van der Waals surface area contributed by atoms with E-state index >= 15 is 0 Å². The van der Waals surface area contributed by atoms with E-state index in [1.54, 1.807) is 18.2 Å². The molecule has 0 radical (unpaired) electrons. The van der Waals surface area contributed by atoms with E-state index in [1.165, 1.54) is 26.4 Å². The fourth-order valence-corrected chi connectivity index (χ4v) is 2.14. The van der Waals surface area contributed by atoms with Crippen LogP contribution in [0.5, 0.6) is 11.5 Å². The molecule has 1 N–H and O–H groups in total. The van der Waals surface area contributed by atoms with Gasteiger partial charge >= 0.3 is 0 Å². The molecule has 0 saturated heterocycles. The highest BCUT2D eigenvalue weighted by Gasteiger charge is 2.10. The van der Waals surface area contributed by atoms with Gasteiger partial charge < -0.3 is 14.8 Å². The van der Waals surface area contributed by atoms with Crippen molar-refractivity contribution in [3.8, 4) is 11.5 Å². The molecule has 1 heterocycles. The van der Waals surface area contributed by atoms with Gasteiger partial charge in [-0.25, -0.2) is 4.98 Å². The number of hydrogen-bond donors (Lipinski definition) is 1. The number of halogens is 2. The van der Waals surface area contributed by atoms with Gasteiger partial charge in [0.25, 0.3) is 5.91 Å². The highest BCUT2D eigenvalue weighted by molar-refractivity contribution is 6.33. The van der Waals surface area contributed by atoms with E-state index < -0.39 is 0 Å². The monoisotopic (exact) mass is 326 g/mol. The Labute approximate surface area is 131 Å². The van der Waals surface area contributed by atoms with Crippen LogP contribution >= 0.6 is 23.2 Å². The van der Waals surface area contributed by atoms with E-state index in [0.717, 1.165) is 0 Å². The smallest absolute Gasteiger partial charge is 0.255 e.